The lowest BCUT2D eigenvalue weighted by atomic mass is 10.4. The number of rotatable bonds is 3. The van der Waals surface area contributed by atoms with Gasteiger partial charge in [-0.05, 0) is 13.8 Å². The Hall–Kier alpha value is -1.16. The molecule has 0 radical (unpaired) electrons. The maximum absolute atomic E-state index is 8.97. The minimum absolute atomic E-state index is 0.368. The summed E-state index contributed by atoms with van der Waals surface area (Å²) in [5.74, 6) is 0.705. The van der Waals surface area contributed by atoms with Crippen molar-refractivity contribution in [3.05, 3.63) is 18.1 Å². The van der Waals surface area contributed by atoms with Crippen LogP contribution in [-0.4, -0.2) is 27.7 Å². The summed E-state index contributed by atoms with van der Waals surface area (Å²) in [4.78, 5) is 8.12. The Balaban J connectivity index is 2.52. The molecule has 1 aromatic rings. The normalized spacial score (nSPS) is 12.6. The molecule has 0 aliphatic rings. The van der Waals surface area contributed by atoms with Crippen molar-refractivity contribution in [2.75, 3.05) is 11.9 Å². The molecule has 0 amide bonds. The lowest BCUT2D eigenvalue weighted by Crippen LogP contribution is -2.16. The number of aryl methyl sites for hydroxylation is 1. The first-order valence-corrected chi connectivity index (χ1v) is 3.89. The number of nitrogens with zero attached hydrogens (tertiary/aromatic N) is 2. The number of nitrogens with one attached hydrogen (secondary N) is 1. The molecule has 66 valence electrons. The Morgan fingerprint density at radius 3 is 2.92 bits per heavy atom. The second-order valence-corrected chi connectivity index (χ2v) is 2.78. The number of aromatic nitrogens is 2. The molecular formula is C8H13N3O. The van der Waals surface area contributed by atoms with E-state index in [4.69, 9.17) is 5.11 Å². The van der Waals surface area contributed by atoms with Gasteiger partial charge < -0.3 is 10.4 Å². The largest absolute Gasteiger partial charge is 0.392 e. The van der Waals surface area contributed by atoms with Crippen molar-refractivity contribution >= 4 is 5.82 Å². The quantitative estimate of drug-likeness (QED) is 0.691. The molecule has 0 fully saturated rings. The maximum Gasteiger partial charge on any atom is 0.144 e. The Labute approximate surface area is 71.7 Å². The third-order valence-corrected chi connectivity index (χ3v) is 1.33. The summed E-state index contributed by atoms with van der Waals surface area (Å²) in [5, 5.41) is 11.9. The van der Waals surface area contributed by atoms with Crippen molar-refractivity contribution in [1.82, 2.24) is 9.97 Å². The van der Waals surface area contributed by atoms with Gasteiger partial charge in [0.2, 0.25) is 0 Å². The molecule has 2 N–H and O–H groups in total. The van der Waals surface area contributed by atoms with Crippen LogP contribution in [0, 0.1) is 6.92 Å². The van der Waals surface area contributed by atoms with Crippen LogP contribution in [0.4, 0.5) is 5.82 Å². The average molecular weight is 167 g/mol. The van der Waals surface area contributed by atoms with E-state index in [1.165, 1.54) is 0 Å². The third kappa shape index (κ3) is 2.84. The molecule has 4 nitrogen and oxygen atoms in total. The van der Waals surface area contributed by atoms with Gasteiger partial charge in [-0.15, -0.1) is 0 Å². The van der Waals surface area contributed by atoms with Crippen molar-refractivity contribution in [1.29, 1.82) is 0 Å². The zero-order chi connectivity index (χ0) is 8.97. The number of anilines is 1. The molecule has 0 spiro atoms. The van der Waals surface area contributed by atoms with Crippen molar-refractivity contribution in [3.8, 4) is 0 Å². The number of aliphatic hydroxyl groups is 1. The molecule has 0 aliphatic heterocycles. The molecule has 4 heteroatoms. The summed E-state index contributed by atoms with van der Waals surface area (Å²) in [5.41, 5.74) is 0.866. The first-order chi connectivity index (χ1) is 5.68. The zero-order valence-electron chi connectivity index (χ0n) is 7.28. The fourth-order valence-electron chi connectivity index (χ4n) is 0.801. The van der Waals surface area contributed by atoms with Gasteiger partial charge in [0.1, 0.15) is 5.82 Å². The summed E-state index contributed by atoms with van der Waals surface area (Å²) >= 11 is 0. The fraction of sp³-hybridized carbons (Fsp3) is 0.500. The van der Waals surface area contributed by atoms with E-state index in [9.17, 15) is 0 Å². The monoisotopic (exact) mass is 167 g/mol. The van der Waals surface area contributed by atoms with Crippen LogP contribution in [0.15, 0.2) is 12.4 Å². The van der Waals surface area contributed by atoms with E-state index in [1.54, 1.807) is 19.3 Å². The van der Waals surface area contributed by atoms with Gasteiger partial charge in [0, 0.05) is 12.7 Å². The molecule has 1 atom stereocenters. The van der Waals surface area contributed by atoms with Crippen LogP contribution in [0.2, 0.25) is 0 Å². The highest BCUT2D eigenvalue weighted by Crippen LogP contribution is 2.00. The van der Waals surface area contributed by atoms with Crippen molar-refractivity contribution in [3.63, 3.8) is 0 Å². The molecule has 1 rings (SSSR count). The molecule has 1 aromatic heterocycles. The van der Waals surface area contributed by atoms with Crippen LogP contribution in [0.1, 0.15) is 12.6 Å². The molecular weight excluding hydrogens is 154 g/mol. The SMILES string of the molecule is Cc1cncc(NC[C@@H](C)O)n1. The molecule has 0 unspecified atom stereocenters. The van der Waals surface area contributed by atoms with Gasteiger partial charge in [-0.25, -0.2) is 4.98 Å². The molecule has 0 aromatic carbocycles. The maximum atomic E-state index is 8.97. The Morgan fingerprint density at radius 1 is 1.58 bits per heavy atom. The van der Waals surface area contributed by atoms with Gasteiger partial charge in [-0.2, -0.15) is 0 Å². The van der Waals surface area contributed by atoms with Crippen molar-refractivity contribution in [2.24, 2.45) is 0 Å². The van der Waals surface area contributed by atoms with Gasteiger partial charge in [0.05, 0.1) is 18.0 Å². The predicted molar refractivity (Wildman–Crippen MR) is 46.9 cm³/mol. The van der Waals surface area contributed by atoms with Gasteiger partial charge in [0.25, 0.3) is 0 Å². The molecule has 0 saturated heterocycles. The van der Waals surface area contributed by atoms with E-state index in [-0.39, 0.29) is 6.10 Å². The second kappa shape index (κ2) is 4.01. The van der Waals surface area contributed by atoms with Crippen molar-refractivity contribution in [2.45, 2.75) is 20.0 Å². The van der Waals surface area contributed by atoms with E-state index < -0.39 is 0 Å². The van der Waals surface area contributed by atoms with Crippen LogP contribution in [0.25, 0.3) is 0 Å². The summed E-state index contributed by atoms with van der Waals surface area (Å²) in [6.07, 6.45) is 2.95. The Morgan fingerprint density at radius 2 is 2.33 bits per heavy atom. The minimum atomic E-state index is -0.368. The average Bonchev–Trinajstić information content (AvgIpc) is 2.01. The van der Waals surface area contributed by atoms with Gasteiger partial charge in [0.15, 0.2) is 0 Å². The Bertz CT molecular complexity index is 250. The Kier molecular flexibility index (Phi) is 2.99. The van der Waals surface area contributed by atoms with Crippen molar-refractivity contribution < 1.29 is 5.11 Å². The lowest BCUT2D eigenvalue weighted by Gasteiger charge is -2.06. The molecule has 12 heavy (non-hydrogen) atoms. The highest BCUT2D eigenvalue weighted by atomic mass is 16.3. The third-order valence-electron chi connectivity index (χ3n) is 1.33. The highest BCUT2D eigenvalue weighted by Gasteiger charge is 1.96. The topological polar surface area (TPSA) is 58.0 Å². The summed E-state index contributed by atoms with van der Waals surface area (Å²) in [7, 11) is 0. The van der Waals surface area contributed by atoms with E-state index in [0.29, 0.717) is 12.4 Å². The first kappa shape index (κ1) is 8.93. The van der Waals surface area contributed by atoms with Gasteiger partial charge >= 0.3 is 0 Å². The number of aliphatic hydroxyl groups excluding tert-OH is 1. The van der Waals surface area contributed by atoms with E-state index in [0.717, 1.165) is 5.69 Å². The lowest BCUT2D eigenvalue weighted by molar-refractivity contribution is 0.208. The summed E-state index contributed by atoms with van der Waals surface area (Å²) in [6, 6.07) is 0. The first-order valence-electron chi connectivity index (χ1n) is 3.89. The molecule has 0 saturated carbocycles. The van der Waals surface area contributed by atoms with E-state index in [2.05, 4.69) is 15.3 Å². The second-order valence-electron chi connectivity index (χ2n) is 2.78. The minimum Gasteiger partial charge on any atom is -0.392 e. The predicted octanol–water partition coefficient (Wildman–Crippen LogP) is 0.578. The number of hydrogen-bond donors (Lipinski definition) is 2. The highest BCUT2D eigenvalue weighted by molar-refractivity contribution is 5.31. The summed E-state index contributed by atoms with van der Waals surface area (Å²) in [6.45, 7) is 4.09. The van der Waals surface area contributed by atoms with E-state index >= 15 is 0 Å². The van der Waals surface area contributed by atoms with Crippen LogP contribution >= 0.6 is 0 Å². The van der Waals surface area contributed by atoms with Crippen LogP contribution in [0.5, 0.6) is 0 Å². The molecule has 0 bridgehead atoms. The van der Waals surface area contributed by atoms with Crippen LogP contribution in [0.3, 0.4) is 0 Å². The van der Waals surface area contributed by atoms with Gasteiger partial charge in [-0.1, -0.05) is 0 Å². The summed E-state index contributed by atoms with van der Waals surface area (Å²) < 4.78 is 0. The standard InChI is InChI=1S/C8H13N3O/c1-6-3-9-5-8(11-6)10-4-7(2)12/h3,5,7,12H,4H2,1-2H3,(H,10,11)/t7-/m1/s1. The smallest absolute Gasteiger partial charge is 0.144 e. The van der Waals surface area contributed by atoms with Gasteiger partial charge in [-0.3, -0.25) is 4.98 Å². The fourth-order valence-corrected chi connectivity index (χ4v) is 0.801. The molecule has 1 heterocycles. The zero-order valence-corrected chi connectivity index (χ0v) is 7.28. The molecule has 0 aliphatic carbocycles. The van der Waals surface area contributed by atoms with Crippen LogP contribution < -0.4 is 5.32 Å². The van der Waals surface area contributed by atoms with Crippen LogP contribution in [-0.2, 0) is 0 Å². The van der Waals surface area contributed by atoms with E-state index in [1.807, 2.05) is 6.92 Å². The number of hydrogen-bond acceptors (Lipinski definition) is 4.